The van der Waals surface area contributed by atoms with Gasteiger partial charge in [0, 0.05) is 6.92 Å². The van der Waals surface area contributed by atoms with Crippen molar-refractivity contribution in [2.24, 2.45) is 0 Å². The number of carbonyl (C=O) groups excluding carboxylic acids is 3. The van der Waals surface area contributed by atoms with Gasteiger partial charge in [0.2, 0.25) is 5.91 Å². The van der Waals surface area contributed by atoms with E-state index in [1.807, 2.05) is 5.32 Å². The molecule has 0 aromatic carbocycles. The van der Waals surface area contributed by atoms with Crippen LogP contribution in [0, 0.1) is 0 Å². The lowest BCUT2D eigenvalue weighted by atomic mass is 10.0. The first-order chi connectivity index (χ1) is 13.8. The molecule has 9 atom stereocenters. The number of phosphoric acid groups is 1. The number of aliphatic hydroxyl groups is 7. The Morgan fingerprint density at radius 3 is 1.83 bits per heavy atom. The number of aliphatic hydroxyl groups excluding tert-OH is 7. The molecule has 0 aromatic heterocycles. The molecule has 0 fully saturated rings. The molecule has 0 radical (unpaired) electrons. The SMILES string of the molecule is CC(=O)N[C@@H](C=O)[C@@H](OP(=O)(O)O[C@H](C=O)[C@@H](O)[C@H](O)[C@H](O)CO)[C@H](O)[C@H](O)CO. The van der Waals surface area contributed by atoms with E-state index in [0.29, 0.717) is 0 Å². The Morgan fingerprint density at radius 1 is 0.933 bits per heavy atom. The highest BCUT2D eigenvalue weighted by atomic mass is 31.2. The van der Waals surface area contributed by atoms with E-state index >= 15 is 0 Å². The van der Waals surface area contributed by atoms with E-state index in [1.54, 1.807) is 0 Å². The van der Waals surface area contributed by atoms with Gasteiger partial charge in [-0.3, -0.25) is 13.8 Å². The van der Waals surface area contributed by atoms with Crippen molar-refractivity contribution in [1.29, 1.82) is 0 Å². The van der Waals surface area contributed by atoms with Crippen molar-refractivity contribution in [1.82, 2.24) is 5.32 Å². The van der Waals surface area contributed by atoms with Crippen LogP contribution in [0.1, 0.15) is 6.92 Å². The molecule has 176 valence electrons. The maximum Gasteiger partial charge on any atom is 0.473 e. The highest BCUT2D eigenvalue weighted by Gasteiger charge is 2.43. The molecule has 1 amide bonds. The van der Waals surface area contributed by atoms with E-state index in [0.717, 1.165) is 6.92 Å². The van der Waals surface area contributed by atoms with Gasteiger partial charge in [-0.15, -0.1) is 0 Å². The van der Waals surface area contributed by atoms with Crippen LogP contribution >= 0.6 is 7.82 Å². The zero-order valence-electron chi connectivity index (χ0n) is 15.7. The largest absolute Gasteiger partial charge is 0.473 e. The summed E-state index contributed by atoms with van der Waals surface area (Å²) in [6, 6.07) is -1.83. The van der Waals surface area contributed by atoms with Gasteiger partial charge < -0.3 is 55.5 Å². The molecule has 0 rings (SSSR count). The molecule has 9 N–H and O–H groups in total. The quantitative estimate of drug-likeness (QED) is 0.0811. The minimum Gasteiger partial charge on any atom is -0.394 e. The normalized spacial score (nSPS) is 21.8. The summed E-state index contributed by atoms with van der Waals surface area (Å²) in [5.74, 6) is -0.845. The van der Waals surface area contributed by atoms with E-state index in [-0.39, 0.29) is 12.6 Å². The van der Waals surface area contributed by atoms with Crippen LogP contribution in [0.2, 0.25) is 0 Å². The number of nitrogens with one attached hydrogen (secondary N) is 1. The Labute approximate surface area is 170 Å². The van der Waals surface area contributed by atoms with Gasteiger partial charge in [-0.2, -0.15) is 0 Å². The van der Waals surface area contributed by atoms with Gasteiger partial charge in [0.15, 0.2) is 12.4 Å². The second-order valence-electron chi connectivity index (χ2n) is 6.08. The maximum absolute atomic E-state index is 12.2. The number of carbonyl (C=O) groups is 3. The first kappa shape index (κ1) is 28.6. The first-order valence-electron chi connectivity index (χ1n) is 8.34. The van der Waals surface area contributed by atoms with E-state index < -0.39 is 75.7 Å². The molecular formula is C14H26NO14P. The van der Waals surface area contributed by atoms with Crippen molar-refractivity contribution < 1.29 is 68.6 Å². The topological polar surface area (TPSA) is 261 Å². The molecule has 0 saturated carbocycles. The van der Waals surface area contributed by atoms with E-state index in [4.69, 9.17) is 10.2 Å². The minimum atomic E-state index is -5.48. The molecule has 0 saturated heterocycles. The van der Waals surface area contributed by atoms with Crippen LogP contribution < -0.4 is 5.32 Å². The second-order valence-corrected chi connectivity index (χ2v) is 7.44. The minimum absolute atomic E-state index is 0.0210. The summed E-state index contributed by atoms with van der Waals surface area (Å²) in [7, 11) is -5.48. The molecule has 0 spiro atoms. The van der Waals surface area contributed by atoms with E-state index in [2.05, 4.69) is 9.05 Å². The predicted molar refractivity (Wildman–Crippen MR) is 93.5 cm³/mol. The lowest BCUT2D eigenvalue weighted by Crippen LogP contribution is -2.54. The molecule has 1 unspecified atom stereocenters. The Hall–Kier alpha value is -1.36. The summed E-state index contributed by atoms with van der Waals surface area (Å²) in [6.07, 6.45) is -15.4. The fraction of sp³-hybridized carbons (Fsp3) is 0.786. The number of phosphoric ester groups is 1. The third-order valence-electron chi connectivity index (χ3n) is 3.70. The van der Waals surface area contributed by atoms with Gasteiger partial charge in [0.25, 0.3) is 0 Å². The number of amides is 1. The van der Waals surface area contributed by atoms with Gasteiger partial charge >= 0.3 is 7.82 Å². The number of hydrogen-bond donors (Lipinski definition) is 9. The van der Waals surface area contributed by atoms with Crippen molar-refractivity contribution in [2.75, 3.05) is 13.2 Å². The monoisotopic (exact) mass is 463 g/mol. The van der Waals surface area contributed by atoms with Crippen LogP contribution in [-0.4, -0.2) is 121 Å². The molecule has 0 aromatic rings. The predicted octanol–water partition coefficient (Wildman–Crippen LogP) is -5.45. The highest BCUT2D eigenvalue weighted by molar-refractivity contribution is 7.47. The maximum atomic E-state index is 12.2. The third kappa shape index (κ3) is 8.79. The molecule has 0 aliphatic carbocycles. The smallest absolute Gasteiger partial charge is 0.394 e. The van der Waals surface area contributed by atoms with Gasteiger partial charge in [-0.05, 0) is 0 Å². The summed E-state index contributed by atoms with van der Waals surface area (Å²) < 4.78 is 21.2. The molecule has 0 aliphatic rings. The van der Waals surface area contributed by atoms with Crippen LogP contribution in [0.3, 0.4) is 0 Å². The molecular weight excluding hydrogens is 437 g/mol. The van der Waals surface area contributed by atoms with Crippen molar-refractivity contribution in [3.63, 3.8) is 0 Å². The number of rotatable bonds is 15. The van der Waals surface area contributed by atoms with Crippen LogP contribution in [0.25, 0.3) is 0 Å². The molecule has 0 bridgehead atoms. The van der Waals surface area contributed by atoms with Crippen LogP contribution in [0.5, 0.6) is 0 Å². The molecule has 16 heteroatoms. The summed E-state index contributed by atoms with van der Waals surface area (Å²) in [5.41, 5.74) is 0. The average Bonchev–Trinajstić information content (AvgIpc) is 2.71. The Balaban J connectivity index is 5.66. The fourth-order valence-corrected chi connectivity index (χ4v) is 3.22. The van der Waals surface area contributed by atoms with Gasteiger partial charge in [0.05, 0.1) is 13.2 Å². The Bertz CT molecular complexity index is 605. The van der Waals surface area contributed by atoms with E-state index in [9.17, 15) is 49.4 Å². The summed E-state index contributed by atoms with van der Waals surface area (Å²) >= 11 is 0. The highest BCUT2D eigenvalue weighted by Crippen LogP contribution is 2.47. The third-order valence-corrected chi connectivity index (χ3v) is 4.72. The van der Waals surface area contributed by atoms with Crippen molar-refractivity contribution in [3.05, 3.63) is 0 Å². The molecule has 15 nitrogen and oxygen atoms in total. The van der Waals surface area contributed by atoms with Crippen LogP contribution in [0.4, 0.5) is 0 Å². The van der Waals surface area contributed by atoms with Crippen molar-refractivity contribution in [2.45, 2.75) is 55.7 Å². The first-order valence-corrected chi connectivity index (χ1v) is 9.84. The van der Waals surface area contributed by atoms with Gasteiger partial charge in [0.1, 0.15) is 49.0 Å². The standard InChI is InChI=1S/C14H26NO14P/c1-6(20)15-7(2-16)14(12(24)9(22)4-18)29-30(26,27)28-10(5-19)13(25)11(23)8(21)3-17/h2,5,7-14,17-18,21-25H,3-4H2,1H3,(H,15,20)(H,26,27)/t7-,8+,9+,10+,11+,12+,13+,14+/m0/s1. The van der Waals surface area contributed by atoms with E-state index in [1.165, 1.54) is 0 Å². The van der Waals surface area contributed by atoms with Crippen molar-refractivity contribution >= 4 is 26.3 Å². The lowest BCUT2D eigenvalue weighted by molar-refractivity contribution is -0.139. The molecule has 0 heterocycles. The number of aldehydes is 2. The Morgan fingerprint density at radius 2 is 1.43 bits per heavy atom. The summed E-state index contributed by atoms with van der Waals surface area (Å²) in [6.45, 7) is -1.17. The van der Waals surface area contributed by atoms with Crippen LogP contribution in [-0.2, 0) is 28.0 Å². The second kappa shape index (κ2) is 13.1. The number of hydrogen-bond acceptors (Lipinski definition) is 13. The molecule has 30 heavy (non-hydrogen) atoms. The Kier molecular flexibility index (Phi) is 12.5. The lowest BCUT2D eigenvalue weighted by Gasteiger charge is -2.32. The average molecular weight is 463 g/mol. The summed E-state index contributed by atoms with van der Waals surface area (Å²) in [4.78, 5) is 43.4. The van der Waals surface area contributed by atoms with Gasteiger partial charge in [-0.25, -0.2) is 4.57 Å². The van der Waals surface area contributed by atoms with Crippen molar-refractivity contribution in [3.8, 4) is 0 Å². The zero-order valence-corrected chi connectivity index (χ0v) is 16.6. The molecule has 0 aliphatic heterocycles. The summed E-state index contributed by atoms with van der Waals surface area (Å²) in [5, 5.41) is 67.8. The zero-order chi connectivity index (χ0) is 23.6. The fourth-order valence-electron chi connectivity index (χ4n) is 2.13. The van der Waals surface area contributed by atoms with Crippen LogP contribution in [0.15, 0.2) is 0 Å². The van der Waals surface area contributed by atoms with Gasteiger partial charge in [-0.1, -0.05) is 0 Å².